The maximum Gasteiger partial charge on any atom is 0.105 e. The number of aliphatic hydroxyl groups excluding tert-OH is 1. The van der Waals surface area contributed by atoms with E-state index >= 15 is 0 Å². The standard InChI is InChI=1S/C10H18O2/c1-4-5-9(6-7(2)11)10-8(3)12-10/h6-8,10-11H,4-5H2,1-3H3/b9-6+/t7-,8+,10-/m0/s1. The molecule has 0 aliphatic carbocycles. The molecule has 1 fully saturated rings. The summed E-state index contributed by atoms with van der Waals surface area (Å²) in [5.74, 6) is 0. The fourth-order valence-electron chi connectivity index (χ4n) is 1.49. The minimum Gasteiger partial charge on any atom is -0.389 e. The highest BCUT2D eigenvalue weighted by atomic mass is 16.6. The first kappa shape index (κ1) is 9.75. The minimum absolute atomic E-state index is 0.291. The minimum atomic E-state index is -0.344. The molecule has 12 heavy (non-hydrogen) atoms. The Hall–Kier alpha value is -0.340. The van der Waals surface area contributed by atoms with Gasteiger partial charge >= 0.3 is 0 Å². The van der Waals surface area contributed by atoms with Gasteiger partial charge in [-0.2, -0.15) is 0 Å². The Morgan fingerprint density at radius 2 is 2.25 bits per heavy atom. The summed E-state index contributed by atoms with van der Waals surface area (Å²) in [5.41, 5.74) is 1.26. The van der Waals surface area contributed by atoms with Crippen LogP contribution in [0.15, 0.2) is 11.6 Å². The number of epoxide rings is 1. The number of aliphatic hydroxyl groups is 1. The summed E-state index contributed by atoms with van der Waals surface area (Å²) >= 11 is 0. The zero-order chi connectivity index (χ0) is 9.14. The molecule has 1 aliphatic rings. The summed E-state index contributed by atoms with van der Waals surface area (Å²) in [6, 6.07) is 0. The van der Waals surface area contributed by atoms with Gasteiger partial charge in [-0.3, -0.25) is 0 Å². The summed E-state index contributed by atoms with van der Waals surface area (Å²) in [5, 5.41) is 9.18. The van der Waals surface area contributed by atoms with Crippen molar-refractivity contribution in [2.75, 3.05) is 0 Å². The molecule has 3 atom stereocenters. The van der Waals surface area contributed by atoms with E-state index in [9.17, 15) is 5.11 Å². The van der Waals surface area contributed by atoms with Crippen LogP contribution in [0.1, 0.15) is 33.6 Å². The molecule has 0 aromatic rings. The number of hydrogen-bond donors (Lipinski definition) is 1. The van der Waals surface area contributed by atoms with Crippen LogP contribution in [0, 0.1) is 0 Å². The SMILES string of the molecule is CCC/C(=C\[C@H](C)O)[C@H]1O[C@@H]1C. The van der Waals surface area contributed by atoms with Crippen molar-refractivity contribution in [3.05, 3.63) is 11.6 Å². The average Bonchev–Trinajstić information content (AvgIpc) is 2.65. The van der Waals surface area contributed by atoms with Gasteiger partial charge in [0.1, 0.15) is 6.10 Å². The van der Waals surface area contributed by atoms with Crippen molar-refractivity contribution in [2.24, 2.45) is 0 Å². The lowest BCUT2D eigenvalue weighted by Gasteiger charge is -2.03. The molecule has 0 saturated carbocycles. The molecule has 0 bridgehead atoms. The molecule has 1 heterocycles. The van der Waals surface area contributed by atoms with E-state index in [1.807, 2.05) is 6.08 Å². The van der Waals surface area contributed by atoms with Crippen molar-refractivity contribution >= 4 is 0 Å². The van der Waals surface area contributed by atoms with E-state index in [2.05, 4.69) is 13.8 Å². The smallest absolute Gasteiger partial charge is 0.105 e. The second-order valence-electron chi connectivity index (χ2n) is 3.49. The third-order valence-electron chi connectivity index (χ3n) is 2.07. The predicted molar refractivity (Wildman–Crippen MR) is 49.0 cm³/mol. The Kier molecular flexibility index (Phi) is 3.29. The average molecular weight is 170 g/mol. The van der Waals surface area contributed by atoms with Crippen molar-refractivity contribution in [1.82, 2.24) is 0 Å². The maximum absolute atomic E-state index is 9.18. The van der Waals surface area contributed by atoms with Crippen LogP contribution in [0.4, 0.5) is 0 Å². The molecule has 0 spiro atoms. The van der Waals surface area contributed by atoms with Gasteiger partial charge < -0.3 is 9.84 Å². The highest BCUT2D eigenvalue weighted by Crippen LogP contribution is 2.31. The molecule has 1 aliphatic heterocycles. The maximum atomic E-state index is 9.18. The zero-order valence-corrected chi connectivity index (χ0v) is 8.08. The van der Waals surface area contributed by atoms with Crippen LogP contribution in [0.25, 0.3) is 0 Å². The van der Waals surface area contributed by atoms with Crippen LogP contribution in [-0.4, -0.2) is 23.4 Å². The topological polar surface area (TPSA) is 32.8 Å². The van der Waals surface area contributed by atoms with E-state index in [1.54, 1.807) is 6.92 Å². The largest absolute Gasteiger partial charge is 0.389 e. The molecule has 0 amide bonds. The molecule has 0 radical (unpaired) electrons. The molecule has 2 heteroatoms. The third kappa shape index (κ3) is 2.61. The summed E-state index contributed by atoms with van der Waals surface area (Å²) < 4.78 is 5.35. The van der Waals surface area contributed by atoms with Gasteiger partial charge in [-0.15, -0.1) is 0 Å². The molecule has 0 aromatic heterocycles. The normalized spacial score (nSPS) is 31.8. The van der Waals surface area contributed by atoms with Gasteiger partial charge in [0.2, 0.25) is 0 Å². The van der Waals surface area contributed by atoms with E-state index < -0.39 is 0 Å². The lowest BCUT2D eigenvalue weighted by Crippen LogP contribution is -2.02. The third-order valence-corrected chi connectivity index (χ3v) is 2.07. The molecular weight excluding hydrogens is 152 g/mol. The van der Waals surface area contributed by atoms with Crippen LogP contribution in [0.2, 0.25) is 0 Å². The monoisotopic (exact) mass is 170 g/mol. The zero-order valence-electron chi connectivity index (χ0n) is 8.08. The van der Waals surface area contributed by atoms with Crippen LogP contribution >= 0.6 is 0 Å². The van der Waals surface area contributed by atoms with Crippen LogP contribution in [-0.2, 0) is 4.74 Å². The van der Waals surface area contributed by atoms with Gasteiger partial charge in [-0.1, -0.05) is 19.4 Å². The van der Waals surface area contributed by atoms with E-state index in [-0.39, 0.29) is 6.10 Å². The summed E-state index contributed by atoms with van der Waals surface area (Å²) in [6.45, 7) is 5.99. The van der Waals surface area contributed by atoms with Gasteiger partial charge in [-0.05, 0) is 25.8 Å². The number of rotatable bonds is 4. The Bertz CT molecular complexity index is 173. The molecule has 0 unspecified atom stereocenters. The first-order valence-electron chi connectivity index (χ1n) is 4.69. The molecule has 1 N–H and O–H groups in total. The first-order valence-corrected chi connectivity index (χ1v) is 4.69. The fourth-order valence-corrected chi connectivity index (χ4v) is 1.49. The van der Waals surface area contributed by atoms with Gasteiger partial charge in [-0.25, -0.2) is 0 Å². The van der Waals surface area contributed by atoms with Crippen LogP contribution < -0.4 is 0 Å². The van der Waals surface area contributed by atoms with Crippen LogP contribution in [0.5, 0.6) is 0 Å². The van der Waals surface area contributed by atoms with Crippen molar-refractivity contribution < 1.29 is 9.84 Å². The molecular formula is C10H18O2. The quantitative estimate of drug-likeness (QED) is 0.516. The second kappa shape index (κ2) is 4.06. The lowest BCUT2D eigenvalue weighted by molar-refractivity contribution is 0.242. The highest BCUT2D eigenvalue weighted by molar-refractivity contribution is 5.17. The first-order chi connectivity index (χ1) is 5.65. The van der Waals surface area contributed by atoms with Crippen molar-refractivity contribution in [3.8, 4) is 0 Å². The van der Waals surface area contributed by atoms with Crippen LogP contribution in [0.3, 0.4) is 0 Å². The molecule has 1 rings (SSSR count). The van der Waals surface area contributed by atoms with Crippen molar-refractivity contribution in [3.63, 3.8) is 0 Å². The number of hydrogen-bond acceptors (Lipinski definition) is 2. The predicted octanol–water partition coefficient (Wildman–Crippen LogP) is 1.88. The molecule has 1 saturated heterocycles. The van der Waals surface area contributed by atoms with Gasteiger partial charge in [0.15, 0.2) is 0 Å². The van der Waals surface area contributed by atoms with Gasteiger partial charge in [0.05, 0.1) is 12.2 Å². The molecule has 0 aromatic carbocycles. The van der Waals surface area contributed by atoms with E-state index in [0.717, 1.165) is 12.8 Å². The van der Waals surface area contributed by atoms with Crippen molar-refractivity contribution in [1.29, 1.82) is 0 Å². The Balaban J connectivity index is 2.49. The van der Waals surface area contributed by atoms with Gasteiger partial charge in [0, 0.05) is 0 Å². The Labute approximate surface area is 74.2 Å². The summed E-state index contributed by atoms with van der Waals surface area (Å²) in [4.78, 5) is 0. The Morgan fingerprint density at radius 1 is 1.67 bits per heavy atom. The van der Waals surface area contributed by atoms with E-state index in [1.165, 1.54) is 5.57 Å². The number of ether oxygens (including phenoxy) is 1. The summed E-state index contributed by atoms with van der Waals surface area (Å²) in [6.07, 6.45) is 4.38. The van der Waals surface area contributed by atoms with Crippen molar-refractivity contribution in [2.45, 2.75) is 51.9 Å². The highest BCUT2D eigenvalue weighted by Gasteiger charge is 2.36. The molecule has 70 valence electrons. The fraction of sp³-hybridized carbons (Fsp3) is 0.800. The van der Waals surface area contributed by atoms with Gasteiger partial charge in [0.25, 0.3) is 0 Å². The Morgan fingerprint density at radius 3 is 2.58 bits per heavy atom. The summed E-state index contributed by atoms with van der Waals surface area (Å²) in [7, 11) is 0. The van der Waals surface area contributed by atoms with E-state index in [0.29, 0.717) is 12.2 Å². The molecule has 2 nitrogen and oxygen atoms in total. The second-order valence-corrected chi connectivity index (χ2v) is 3.49. The van der Waals surface area contributed by atoms with E-state index in [4.69, 9.17) is 4.74 Å². The lowest BCUT2D eigenvalue weighted by atomic mass is 10.0.